The average molecular weight is 397 g/mol. The van der Waals surface area contributed by atoms with Gasteiger partial charge in [-0.1, -0.05) is 28.4 Å². The van der Waals surface area contributed by atoms with E-state index in [0.29, 0.717) is 21.8 Å². The van der Waals surface area contributed by atoms with E-state index >= 15 is 0 Å². The van der Waals surface area contributed by atoms with E-state index in [1.807, 2.05) is 0 Å². The van der Waals surface area contributed by atoms with Crippen LogP contribution in [0.15, 0.2) is 16.7 Å². The minimum absolute atomic E-state index is 0.0266. The lowest BCUT2D eigenvalue weighted by atomic mass is 10.1. The van der Waals surface area contributed by atoms with Crippen molar-refractivity contribution >= 4 is 28.9 Å². The zero-order chi connectivity index (χ0) is 19.2. The van der Waals surface area contributed by atoms with Gasteiger partial charge in [-0.25, -0.2) is 4.98 Å². The molecule has 3 rings (SSSR count). The maximum absolute atomic E-state index is 11.2. The van der Waals surface area contributed by atoms with Gasteiger partial charge in [-0.15, -0.1) is 0 Å². The number of halogens is 2. The number of aromatic nitrogens is 3. The maximum Gasteiger partial charge on any atom is 0.327 e. The topological polar surface area (TPSA) is 135 Å². The minimum Gasteiger partial charge on any atom is -0.504 e. The van der Waals surface area contributed by atoms with E-state index in [1.165, 1.54) is 6.07 Å². The fraction of sp³-hybridized carbons (Fsp3) is 0.133. The summed E-state index contributed by atoms with van der Waals surface area (Å²) in [5, 5.41) is 34.7. The van der Waals surface area contributed by atoms with Gasteiger partial charge in [0.25, 0.3) is 5.89 Å². The Bertz CT molecular complexity index is 1050. The SMILES string of the molecule is Cc1nc(Cl)c(-c2noc(-c3ccc(O)c(O)c3[N+](=O)[O-])n2)c(C)c1Cl. The van der Waals surface area contributed by atoms with Crippen molar-refractivity contribution in [1.29, 1.82) is 0 Å². The Kier molecular flexibility index (Phi) is 4.43. The Morgan fingerprint density at radius 1 is 1.19 bits per heavy atom. The molecular weight excluding hydrogens is 387 g/mol. The summed E-state index contributed by atoms with van der Waals surface area (Å²) in [7, 11) is 0. The molecule has 9 nitrogen and oxygen atoms in total. The highest BCUT2D eigenvalue weighted by Crippen LogP contribution is 2.43. The Hall–Kier alpha value is -2.91. The molecule has 2 aromatic heterocycles. The van der Waals surface area contributed by atoms with Crippen molar-refractivity contribution in [2.45, 2.75) is 13.8 Å². The second-order valence-corrected chi connectivity index (χ2v) is 6.05. The number of pyridine rings is 1. The third kappa shape index (κ3) is 2.80. The first kappa shape index (κ1) is 17.9. The summed E-state index contributed by atoms with van der Waals surface area (Å²) in [6.45, 7) is 3.39. The smallest absolute Gasteiger partial charge is 0.327 e. The molecule has 26 heavy (non-hydrogen) atoms. The number of nitro benzene ring substituents is 1. The molecule has 2 N–H and O–H groups in total. The van der Waals surface area contributed by atoms with Gasteiger partial charge in [-0.3, -0.25) is 10.1 Å². The normalized spacial score (nSPS) is 10.9. The van der Waals surface area contributed by atoms with Gasteiger partial charge < -0.3 is 14.7 Å². The van der Waals surface area contributed by atoms with Crippen LogP contribution >= 0.6 is 23.2 Å². The van der Waals surface area contributed by atoms with E-state index in [1.54, 1.807) is 13.8 Å². The minimum atomic E-state index is -0.901. The van der Waals surface area contributed by atoms with Gasteiger partial charge in [0.2, 0.25) is 11.6 Å². The number of hydrogen-bond acceptors (Lipinski definition) is 8. The third-order valence-electron chi connectivity index (χ3n) is 3.69. The van der Waals surface area contributed by atoms with E-state index < -0.39 is 22.1 Å². The summed E-state index contributed by atoms with van der Waals surface area (Å²) in [4.78, 5) is 18.6. The van der Waals surface area contributed by atoms with Crippen LogP contribution in [-0.4, -0.2) is 30.3 Å². The average Bonchev–Trinajstić information content (AvgIpc) is 3.04. The van der Waals surface area contributed by atoms with Crippen LogP contribution in [0.1, 0.15) is 11.3 Å². The highest BCUT2D eigenvalue weighted by molar-refractivity contribution is 6.35. The molecule has 11 heteroatoms. The molecular formula is C15H10Cl2N4O5. The fourth-order valence-electron chi connectivity index (χ4n) is 2.41. The number of benzene rings is 1. The highest BCUT2D eigenvalue weighted by Gasteiger charge is 2.28. The number of nitro groups is 1. The van der Waals surface area contributed by atoms with Crippen molar-refractivity contribution in [1.82, 2.24) is 15.1 Å². The quantitative estimate of drug-likeness (QED) is 0.293. The van der Waals surface area contributed by atoms with E-state index in [0.717, 1.165) is 6.07 Å². The predicted molar refractivity (Wildman–Crippen MR) is 92.4 cm³/mol. The second-order valence-electron chi connectivity index (χ2n) is 5.31. The largest absolute Gasteiger partial charge is 0.504 e. The monoisotopic (exact) mass is 396 g/mol. The predicted octanol–water partition coefficient (Wildman–Crippen LogP) is 4.04. The Labute approximate surface area is 156 Å². The number of phenols is 2. The van der Waals surface area contributed by atoms with Crippen molar-refractivity contribution < 1.29 is 19.7 Å². The fourth-order valence-corrected chi connectivity index (χ4v) is 2.90. The van der Waals surface area contributed by atoms with Crippen molar-refractivity contribution in [2.24, 2.45) is 0 Å². The second kappa shape index (κ2) is 6.43. The van der Waals surface area contributed by atoms with Crippen molar-refractivity contribution in [3.05, 3.63) is 43.7 Å². The Morgan fingerprint density at radius 2 is 1.88 bits per heavy atom. The first-order chi connectivity index (χ1) is 12.2. The van der Waals surface area contributed by atoms with Crippen LogP contribution in [0.25, 0.3) is 22.8 Å². The standard InChI is InChI=1S/C15H10Cl2N4O5/c1-5-9(13(17)18-6(2)10(5)16)14-19-15(26-20-14)7-3-4-8(22)12(23)11(7)21(24)25/h3-4,22-23H,1-2H3. The molecule has 0 aliphatic rings. The van der Waals surface area contributed by atoms with Gasteiger partial charge in [0, 0.05) is 0 Å². The van der Waals surface area contributed by atoms with Crippen LogP contribution in [-0.2, 0) is 0 Å². The van der Waals surface area contributed by atoms with Gasteiger partial charge >= 0.3 is 5.69 Å². The Balaban J connectivity index is 2.18. The zero-order valence-electron chi connectivity index (χ0n) is 13.3. The van der Waals surface area contributed by atoms with Crippen LogP contribution < -0.4 is 0 Å². The van der Waals surface area contributed by atoms with Gasteiger partial charge in [-0.2, -0.15) is 4.98 Å². The summed E-state index contributed by atoms with van der Waals surface area (Å²) in [6, 6.07) is 2.25. The first-order valence-corrected chi connectivity index (χ1v) is 7.84. The Morgan fingerprint density at radius 3 is 2.54 bits per heavy atom. The molecule has 2 heterocycles. The van der Waals surface area contributed by atoms with Crippen molar-refractivity contribution in [2.75, 3.05) is 0 Å². The lowest BCUT2D eigenvalue weighted by Gasteiger charge is -2.07. The number of aromatic hydroxyl groups is 2. The van der Waals surface area contributed by atoms with Gasteiger partial charge in [0.05, 0.1) is 21.2 Å². The molecule has 0 saturated heterocycles. The molecule has 0 fully saturated rings. The number of phenolic OH excluding ortho intramolecular Hbond substituents is 2. The molecule has 0 bridgehead atoms. The van der Waals surface area contributed by atoms with Crippen LogP contribution in [0.3, 0.4) is 0 Å². The molecule has 1 aromatic carbocycles. The lowest BCUT2D eigenvalue weighted by Crippen LogP contribution is -1.96. The molecule has 3 aromatic rings. The maximum atomic E-state index is 11.2. The summed E-state index contributed by atoms with van der Waals surface area (Å²) < 4.78 is 5.08. The summed E-state index contributed by atoms with van der Waals surface area (Å²) in [5.41, 5.74) is 0.496. The molecule has 0 spiro atoms. The van der Waals surface area contributed by atoms with Gasteiger partial charge in [-0.05, 0) is 31.5 Å². The molecule has 0 saturated carbocycles. The number of aryl methyl sites for hydroxylation is 1. The van der Waals surface area contributed by atoms with E-state index in [2.05, 4.69) is 15.1 Å². The van der Waals surface area contributed by atoms with Gasteiger partial charge in [0.1, 0.15) is 10.7 Å². The first-order valence-electron chi connectivity index (χ1n) is 7.08. The summed E-state index contributed by atoms with van der Waals surface area (Å²) >= 11 is 12.3. The summed E-state index contributed by atoms with van der Waals surface area (Å²) in [5.74, 6) is -1.76. The van der Waals surface area contributed by atoms with Gasteiger partial charge in [0.15, 0.2) is 5.75 Å². The highest BCUT2D eigenvalue weighted by atomic mass is 35.5. The molecule has 0 unspecified atom stereocenters. The molecule has 0 aliphatic carbocycles. The summed E-state index contributed by atoms with van der Waals surface area (Å²) in [6.07, 6.45) is 0. The molecule has 0 atom stereocenters. The molecule has 134 valence electrons. The van der Waals surface area contributed by atoms with Crippen molar-refractivity contribution in [3.63, 3.8) is 0 Å². The lowest BCUT2D eigenvalue weighted by molar-refractivity contribution is -0.385. The van der Waals surface area contributed by atoms with Crippen LogP contribution in [0.4, 0.5) is 5.69 Å². The van der Waals surface area contributed by atoms with Crippen LogP contribution in [0, 0.1) is 24.0 Å². The third-order valence-corrected chi connectivity index (χ3v) is 4.52. The van der Waals surface area contributed by atoms with E-state index in [9.17, 15) is 20.3 Å². The van der Waals surface area contributed by atoms with Crippen LogP contribution in [0.2, 0.25) is 10.2 Å². The number of rotatable bonds is 3. The molecule has 0 aliphatic heterocycles. The van der Waals surface area contributed by atoms with Crippen LogP contribution in [0.5, 0.6) is 11.5 Å². The van der Waals surface area contributed by atoms with E-state index in [4.69, 9.17) is 27.7 Å². The molecule has 0 amide bonds. The molecule has 0 radical (unpaired) electrons. The number of hydrogen-bond donors (Lipinski definition) is 2. The van der Waals surface area contributed by atoms with Crippen molar-refractivity contribution in [3.8, 4) is 34.3 Å². The number of nitrogens with zero attached hydrogens (tertiary/aromatic N) is 4. The van der Waals surface area contributed by atoms with E-state index in [-0.39, 0.29) is 22.4 Å². The zero-order valence-corrected chi connectivity index (χ0v) is 14.8.